The van der Waals surface area contributed by atoms with Crippen molar-refractivity contribution in [1.82, 2.24) is 0 Å². The molecule has 0 aromatic rings. The lowest BCUT2D eigenvalue weighted by Crippen LogP contribution is -2.34. The van der Waals surface area contributed by atoms with Crippen LogP contribution in [0.1, 0.15) is 123 Å². The summed E-state index contributed by atoms with van der Waals surface area (Å²) in [6.07, 6.45) is 22.9. The normalized spacial score (nSPS) is 19.5. The number of aliphatic carboxylic acids is 1. The van der Waals surface area contributed by atoms with Gasteiger partial charge in [-0.3, -0.25) is 9.59 Å². The van der Waals surface area contributed by atoms with Crippen molar-refractivity contribution in [2.24, 2.45) is 11.8 Å². The average molecular weight is 423 g/mol. The molecule has 1 rings (SSSR count). The van der Waals surface area contributed by atoms with Crippen LogP contribution in [0.4, 0.5) is 0 Å². The lowest BCUT2D eigenvalue weighted by Gasteiger charge is -2.26. The van der Waals surface area contributed by atoms with Gasteiger partial charge in [-0.25, -0.2) is 0 Å². The van der Waals surface area contributed by atoms with Crippen molar-refractivity contribution in [3.8, 4) is 0 Å². The number of hydrogen-bond acceptors (Lipinski definition) is 3. The highest BCUT2D eigenvalue weighted by Gasteiger charge is 2.36. The van der Waals surface area contributed by atoms with Crippen LogP contribution in [-0.2, 0) is 14.3 Å². The van der Waals surface area contributed by atoms with Gasteiger partial charge >= 0.3 is 11.9 Å². The first kappa shape index (κ1) is 26.7. The maximum Gasteiger partial charge on any atom is 0.310 e. The van der Waals surface area contributed by atoms with E-state index in [-0.39, 0.29) is 12.1 Å². The van der Waals surface area contributed by atoms with Gasteiger partial charge in [0.05, 0.1) is 11.8 Å². The molecule has 0 aliphatic heterocycles. The van der Waals surface area contributed by atoms with Crippen LogP contribution in [-0.4, -0.2) is 23.1 Å². The van der Waals surface area contributed by atoms with Crippen molar-refractivity contribution in [3.63, 3.8) is 0 Å². The van der Waals surface area contributed by atoms with Crippen LogP contribution in [0.5, 0.6) is 0 Å². The number of hydrogen-bond donors (Lipinski definition) is 1. The Morgan fingerprint density at radius 1 is 0.767 bits per heavy atom. The van der Waals surface area contributed by atoms with E-state index in [2.05, 4.69) is 13.8 Å². The minimum Gasteiger partial charge on any atom is -0.481 e. The monoisotopic (exact) mass is 422 g/mol. The molecular formula is C26H46O4. The van der Waals surface area contributed by atoms with Crippen LogP contribution in [0.15, 0.2) is 12.2 Å². The standard InChI is InChI=1S/C26H46O4/c1-3-5-7-8-9-10-11-12-13-14-15-19-22(18-6-4-2)30-26(29)24-21-17-16-20-23(24)25(27)28/h16-17,22-24H,3-15,18-21H2,1-2H3,(H,27,28). The third-order valence-corrected chi connectivity index (χ3v) is 6.34. The highest BCUT2D eigenvalue weighted by atomic mass is 16.5. The molecule has 0 fully saturated rings. The van der Waals surface area contributed by atoms with E-state index in [1.54, 1.807) is 0 Å². The Kier molecular flexibility index (Phi) is 15.5. The number of rotatable bonds is 18. The van der Waals surface area contributed by atoms with Crippen molar-refractivity contribution in [1.29, 1.82) is 0 Å². The molecule has 1 aliphatic carbocycles. The van der Waals surface area contributed by atoms with Crippen molar-refractivity contribution >= 4 is 11.9 Å². The van der Waals surface area contributed by atoms with Crippen LogP contribution in [0.25, 0.3) is 0 Å². The molecule has 4 heteroatoms. The lowest BCUT2D eigenvalue weighted by molar-refractivity contribution is -0.162. The first-order valence-electron chi connectivity index (χ1n) is 12.7. The maximum absolute atomic E-state index is 12.7. The number of carboxylic acid groups (broad SMARTS) is 1. The second-order valence-corrected chi connectivity index (χ2v) is 9.02. The molecule has 174 valence electrons. The molecule has 0 saturated heterocycles. The summed E-state index contributed by atoms with van der Waals surface area (Å²) in [5.41, 5.74) is 0. The van der Waals surface area contributed by atoms with E-state index in [4.69, 9.17) is 4.74 Å². The van der Waals surface area contributed by atoms with Gasteiger partial charge in [0.15, 0.2) is 0 Å². The van der Waals surface area contributed by atoms with E-state index in [0.29, 0.717) is 12.8 Å². The molecule has 0 spiro atoms. The molecule has 1 aliphatic rings. The van der Waals surface area contributed by atoms with Gasteiger partial charge in [0.25, 0.3) is 0 Å². The van der Waals surface area contributed by atoms with Crippen LogP contribution in [0.3, 0.4) is 0 Å². The quantitative estimate of drug-likeness (QED) is 0.141. The fraction of sp³-hybridized carbons (Fsp3) is 0.846. The molecule has 0 aromatic heterocycles. The Balaban J connectivity index is 2.25. The van der Waals surface area contributed by atoms with Gasteiger partial charge in [0.2, 0.25) is 0 Å². The van der Waals surface area contributed by atoms with Crippen LogP contribution in [0.2, 0.25) is 0 Å². The van der Waals surface area contributed by atoms with E-state index in [1.807, 2.05) is 12.2 Å². The Morgan fingerprint density at radius 2 is 1.23 bits per heavy atom. The number of unbranched alkanes of at least 4 members (excludes halogenated alkanes) is 11. The molecule has 0 bridgehead atoms. The predicted molar refractivity (Wildman–Crippen MR) is 123 cm³/mol. The number of carboxylic acids is 1. The van der Waals surface area contributed by atoms with Gasteiger partial charge in [-0.05, 0) is 32.1 Å². The average Bonchev–Trinajstić information content (AvgIpc) is 2.75. The zero-order chi connectivity index (χ0) is 22.0. The predicted octanol–water partition coefficient (Wildman–Crippen LogP) is 7.46. The maximum atomic E-state index is 12.7. The molecule has 0 radical (unpaired) electrons. The van der Waals surface area contributed by atoms with Gasteiger partial charge in [0.1, 0.15) is 6.10 Å². The molecule has 3 atom stereocenters. The highest BCUT2D eigenvalue weighted by molar-refractivity contribution is 5.81. The van der Waals surface area contributed by atoms with Crippen molar-refractivity contribution < 1.29 is 19.4 Å². The summed E-state index contributed by atoms with van der Waals surface area (Å²) in [4.78, 5) is 24.1. The van der Waals surface area contributed by atoms with E-state index in [1.165, 1.54) is 64.2 Å². The van der Waals surface area contributed by atoms with E-state index < -0.39 is 17.8 Å². The molecule has 0 aromatic carbocycles. The van der Waals surface area contributed by atoms with E-state index >= 15 is 0 Å². The second-order valence-electron chi connectivity index (χ2n) is 9.02. The van der Waals surface area contributed by atoms with Crippen LogP contribution < -0.4 is 0 Å². The van der Waals surface area contributed by atoms with Gasteiger partial charge in [-0.15, -0.1) is 0 Å². The number of carbonyl (C=O) groups excluding carboxylic acids is 1. The zero-order valence-electron chi connectivity index (χ0n) is 19.6. The van der Waals surface area contributed by atoms with E-state index in [9.17, 15) is 14.7 Å². The topological polar surface area (TPSA) is 63.6 Å². The summed E-state index contributed by atoms with van der Waals surface area (Å²) in [6.45, 7) is 4.40. The summed E-state index contributed by atoms with van der Waals surface area (Å²) in [5, 5.41) is 9.41. The number of carbonyl (C=O) groups is 2. The molecular weight excluding hydrogens is 376 g/mol. The summed E-state index contributed by atoms with van der Waals surface area (Å²) in [7, 11) is 0. The second kappa shape index (κ2) is 17.4. The van der Waals surface area contributed by atoms with Crippen molar-refractivity contribution in [2.45, 2.75) is 129 Å². The smallest absolute Gasteiger partial charge is 0.310 e. The summed E-state index contributed by atoms with van der Waals surface area (Å²) in [6, 6.07) is 0. The summed E-state index contributed by atoms with van der Waals surface area (Å²) >= 11 is 0. The van der Waals surface area contributed by atoms with Gasteiger partial charge in [0, 0.05) is 0 Å². The Hall–Kier alpha value is -1.32. The minimum absolute atomic E-state index is 0.0589. The molecule has 4 nitrogen and oxygen atoms in total. The number of esters is 1. The first-order chi connectivity index (χ1) is 14.6. The van der Waals surface area contributed by atoms with Gasteiger partial charge in [-0.2, -0.15) is 0 Å². The fourth-order valence-electron chi connectivity index (χ4n) is 4.33. The fourth-order valence-corrected chi connectivity index (χ4v) is 4.33. The third kappa shape index (κ3) is 11.8. The Labute approximate surface area is 184 Å². The van der Waals surface area contributed by atoms with Gasteiger partial charge in [-0.1, -0.05) is 103 Å². The van der Waals surface area contributed by atoms with E-state index in [0.717, 1.165) is 32.1 Å². The van der Waals surface area contributed by atoms with Crippen LogP contribution in [0, 0.1) is 11.8 Å². The van der Waals surface area contributed by atoms with Crippen molar-refractivity contribution in [3.05, 3.63) is 12.2 Å². The largest absolute Gasteiger partial charge is 0.481 e. The number of ether oxygens (including phenoxy) is 1. The van der Waals surface area contributed by atoms with Crippen molar-refractivity contribution in [2.75, 3.05) is 0 Å². The Bertz CT molecular complexity index is 485. The van der Waals surface area contributed by atoms with Gasteiger partial charge < -0.3 is 9.84 Å². The molecule has 0 amide bonds. The highest BCUT2D eigenvalue weighted by Crippen LogP contribution is 2.28. The Morgan fingerprint density at radius 3 is 1.77 bits per heavy atom. The zero-order valence-corrected chi connectivity index (χ0v) is 19.6. The first-order valence-corrected chi connectivity index (χ1v) is 12.7. The number of allylic oxidation sites excluding steroid dienone is 2. The SMILES string of the molecule is CCCCCCCCCCCCCC(CCCC)OC(=O)C1CC=CCC1C(=O)O. The minimum atomic E-state index is -0.892. The molecule has 3 unspecified atom stereocenters. The molecule has 1 N–H and O–H groups in total. The lowest BCUT2D eigenvalue weighted by atomic mass is 9.83. The van der Waals surface area contributed by atoms with Crippen LogP contribution >= 0.6 is 0 Å². The molecule has 0 saturated carbocycles. The summed E-state index contributed by atoms with van der Waals surface area (Å²) < 4.78 is 5.83. The molecule has 30 heavy (non-hydrogen) atoms. The molecule has 0 heterocycles. The third-order valence-electron chi connectivity index (χ3n) is 6.34. The summed E-state index contributed by atoms with van der Waals surface area (Å²) in [5.74, 6) is -2.38.